The summed E-state index contributed by atoms with van der Waals surface area (Å²) in [5.41, 5.74) is 1.16. The minimum atomic E-state index is -0.591. The van der Waals surface area contributed by atoms with E-state index in [0.717, 1.165) is 31.5 Å². The predicted octanol–water partition coefficient (Wildman–Crippen LogP) is 1.45. The molecule has 128 valence electrons. The van der Waals surface area contributed by atoms with Crippen LogP contribution in [0.15, 0.2) is 39.9 Å². The van der Waals surface area contributed by atoms with Crippen LogP contribution in [0.2, 0.25) is 0 Å². The van der Waals surface area contributed by atoms with Gasteiger partial charge in [-0.15, -0.1) is 0 Å². The molecule has 25 heavy (non-hydrogen) atoms. The summed E-state index contributed by atoms with van der Waals surface area (Å²) in [6, 6.07) is 8.74. The van der Waals surface area contributed by atoms with Gasteiger partial charge in [0.25, 0.3) is 5.56 Å². The maximum atomic E-state index is 12.4. The fourth-order valence-corrected chi connectivity index (χ4v) is 3.47. The molecule has 7 nitrogen and oxygen atoms in total. The van der Waals surface area contributed by atoms with Crippen LogP contribution in [-0.4, -0.2) is 33.1 Å². The van der Waals surface area contributed by atoms with Gasteiger partial charge in [0.15, 0.2) is 0 Å². The van der Waals surface area contributed by atoms with E-state index in [1.54, 1.807) is 18.2 Å². The van der Waals surface area contributed by atoms with Crippen LogP contribution in [0.4, 0.5) is 0 Å². The van der Waals surface area contributed by atoms with Crippen LogP contribution in [-0.2, 0) is 0 Å². The van der Waals surface area contributed by atoms with Crippen molar-refractivity contribution in [3.8, 4) is 17.0 Å². The molecule has 1 aliphatic rings. The summed E-state index contributed by atoms with van der Waals surface area (Å²) < 4.78 is 0. The lowest BCUT2D eigenvalue weighted by molar-refractivity contribution is 0.463. The van der Waals surface area contributed by atoms with Crippen molar-refractivity contribution in [2.24, 2.45) is 0 Å². The highest BCUT2D eigenvalue weighted by molar-refractivity contribution is 5.83. The van der Waals surface area contributed by atoms with Crippen LogP contribution in [0.5, 0.6) is 5.75 Å². The van der Waals surface area contributed by atoms with Crippen LogP contribution in [0, 0.1) is 0 Å². The molecule has 4 rings (SSSR count). The zero-order valence-corrected chi connectivity index (χ0v) is 13.5. The number of pyridine rings is 1. The number of hydrogen-bond acceptors (Lipinski definition) is 5. The number of nitrogens with one attached hydrogen (secondary N) is 3. The number of nitrogens with zero attached hydrogens (tertiary/aromatic N) is 1. The van der Waals surface area contributed by atoms with E-state index in [-0.39, 0.29) is 17.3 Å². The third-order valence-corrected chi connectivity index (χ3v) is 4.65. The first-order valence-corrected chi connectivity index (χ1v) is 8.30. The zero-order chi connectivity index (χ0) is 17.4. The highest BCUT2D eigenvalue weighted by Gasteiger charge is 2.22. The second-order valence-electron chi connectivity index (χ2n) is 6.29. The molecule has 1 aliphatic heterocycles. The molecule has 3 aromatic rings. The molecule has 2 aromatic heterocycles. The molecule has 0 bridgehead atoms. The monoisotopic (exact) mass is 338 g/mol. The smallest absolute Gasteiger partial charge is 0.327 e. The van der Waals surface area contributed by atoms with E-state index in [2.05, 4.69) is 20.3 Å². The van der Waals surface area contributed by atoms with Crippen LogP contribution in [0.25, 0.3) is 22.3 Å². The number of phenolic OH excluding ortho intramolecular Hbond substituents is 1. The number of para-hydroxylation sites is 1. The van der Waals surface area contributed by atoms with Crippen molar-refractivity contribution in [1.29, 1.82) is 0 Å². The molecule has 7 heteroatoms. The minimum absolute atomic E-state index is 0.106. The fourth-order valence-electron chi connectivity index (χ4n) is 3.47. The summed E-state index contributed by atoms with van der Waals surface area (Å²) >= 11 is 0. The van der Waals surface area contributed by atoms with Gasteiger partial charge in [0, 0.05) is 12.1 Å². The lowest BCUT2D eigenvalue weighted by Gasteiger charge is -2.24. The molecule has 0 aliphatic carbocycles. The van der Waals surface area contributed by atoms with E-state index in [4.69, 9.17) is 0 Å². The van der Waals surface area contributed by atoms with Crippen LogP contribution < -0.4 is 16.6 Å². The molecule has 1 saturated heterocycles. The van der Waals surface area contributed by atoms with E-state index in [1.165, 1.54) is 0 Å². The third kappa shape index (κ3) is 2.83. The number of benzene rings is 1. The summed E-state index contributed by atoms with van der Waals surface area (Å²) in [5.74, 6) is 0.255. The molecule has 0 spiro atoms. The van der Waals surface area contributed by atoms with Gasteiger partial charge in [0.05, 0.1) is 11.1 Å². The second-order valence-corrected chi connectivity index (χ2v) is 6.29. The standard InChI is InChI=1S/C18H18N4O3/c23-14-6-2-1-5-11(14)13-8-12(10-4-3-7-19-9-10)15-16(20-13)21-18(25)22-17(15)24/h1-2,5-6,8,10,19,23H,3-4,7,9H2,(H2,20,21,22,24,25). The Bertz CT molecular complexity index is 1050. The Hall–Kier alpha value is -2.93. The van der Waals surface area contributed by atoms with Crippen molar-refractivity contribution >= 4 is 11.0 Å². The van der Waals surface area contributed by atoms with E-state index in [0.29, 0.717) is 16.6 Å². The number of hydrogen-bond donors (Lipinski definition) is 4. The maximum Gasteiger partial charge on any atom is 0.327 e. The highest BCUT2D eigenvalue weighted by Crippen LogP contribution is 2.33. The summed E-state index contributed by atoms with van der Waals surface area (Å²) in [5, 5.41) is 13.9. The normalized spacial score (nSPS) is 17.7. The van der Waals surface area contributed by atoms with Gasteiger partial charge < -0.3 is 10.4 Å². The number of fused-ring (bicyclic) bond motifs is 1. The van der Waals surface area contributed by atoms with Gasteiger partial charge in [0.2, 0.25) is 0 Å². The first-order chi connectivity index (χ1) is 12.1. The zero-order valence-electron chi connectivity index (χ0n) is 13.5. The van der Waals surface area contributed by atoms with Crippen molar-refractivity contribution < 1.29 is 5.11 Å². The number of aromatic amines is 2. The highest BCUT2D eigenvalue weighted by atomic mass is 16.3. The van der Waals surface area contributed by atoms with Gasteiger partial charge >= 0.3 is 5.69 Å². The van der Waals surface area contributed by atoms with E-state index < -0.39 is 11.2 Å². The Morgan fingerprint density at radius 2 is 2.00 bits per heavy atom. The minimum Gasteiger partial charge on any atom is -0.507 e. The van der Waals surface area contributed by atoms with E-state index >= 15 is 0 Å². The topological polar surface area (TPSA) is 111 Å². The lowest BCUT2D eigenvalue weighted by atomic mass is 9.89. The second kappa shape index (κ2) is 6.18. The van der Waals surface area contributed by atoms with Gasteiger partial charge in [-0.25, -0.2) is 9.78 Å². The number of rotatable bonds is 2. The predicted molar refractivity (Wildman–Crippen MR) is 94.9 cm³/mol. The Morgan fingerprint density at radius 3 is 2.76 bits per heavy atom. The largest absolute Gasteiger partial charge is 0.507 e. The van der Waals surface area contributed by atoms with Crippen LogP contribution >= 0.6 is 0 Å². The van der Waals surface area contributed by atoms with Gasteiger partial charge in [-0.1, -0.05) is 12.1 Å². The SMILES string of the molecule is O=c1[nH]c(=O)c2c(C3CCCNC3)cc(-c3ccccc3O)nc2[nH]1. The Kier molecular flexibility index (Phi) is 3.85. The van der Waals surface area contributed by atoms with Crippen LogP contribution in [0.3, 0.4) is 0 Å². The van der Waals surface area contributed by atoms with Crippen molar-refractivity contribution in [3.05, 3.63) is 56.7 Å². The molecule has 0 saturated carbocycles. The Morgan fingerprint density at radius 1 is 1.16 bits per heavy atom. The fraction of sp³-hybridized carbons (Fsp3) is 0.278. The summed E-state index contributed by atoms with van der Waals surface area (Å²) in [6.45, 7) is 1.72. The Balaban J connectivity index is 2.02. The number of phenols is 1. The van der Waals surface area contributed by atoms with Crippen molar-refractivity contribution in [3.63, 3.8) is 0 Å². The molecule has 1 atom stereocenters. The molecule has 3 heterocycles. The first-order valence-electron chi connectivity index (χ1n) is 8.30. The van der Waals surface area contributed by atoms with E-state index in [9.17, 15) is 14.7 Å². The van der Waals surface area contributed by atoms with Gasteiger partial charge in [-0.05, 0) is 49.1 Å². The molecule has 0 amide bonds. The molecule has 0 radical (unpaired) electrons. The number of piperidine rings is 1. The summed E-state index contributed by atoms with van der Waals surface area (Å²) in [7, 11) is 0. The Labute approximate surface area is 142 Å². The van der Waals surface area contributed by atoms with Gasteiger partial charge in [0.1, 0.15) is 11.4 Å². The van der Waals surface area contributed by atoms with Gasteiger partial charge in [-0.2, -0.15) is 0 Å². The number of aromatic nitrogens is 3. The van der Waals surface area contributed by atoms with Crippen molar-refractivity contribution in [2.45, 2.75) is 18.8 Å². The third-order valence-electron chi connectivity index (χ3n) is 4.65. The molecule has 1 aromatic carbocycles. The molecule has 1 fully saturated rings. The van der Waals surface area contributed by atoms with E-state index in [1.807, 2.05) is 12.1 Å². The number of H-pyrrole nitrogens is 2. The maximum absolute atomic E-state index is 12.4. The molecule has 1 unspecified atom stereocenters. The summed E-state index contributed by atoms with van der Waals surface area (Å²) in [4.78, 5) is 33.4. The van der Waals surface area contributed by atoms with Crippen LogP contribution in [0.1, 0.15) is 24.3 Å². The number of aromatic hydroxyl groups is 1. The molecule has 4 N–H and O–H groups in total. The molecular weight excluding hydrogens is 320 g/mol. The average Bonchev–Trinajstić information content (AvgIpc) is 2.61. The average molecular weight is 338 g/mol. The lowest BCUT2D eigenvalue weighted by Crippen LogP contribution is -2.30. The quantitative estimate of drug-likeness (QED) is 0.565. The van der Waals surface area contributed by atoms with Crippen molar-refractivity contribution in [2.75, 3.05) is 13.1 Å². The first kappa shape index (κ1) is 15.6. The van der Waals surface area contributed by atoms with Gasteiger partial charge in [-0.3, -0.25) is 14.8 Å². The molecular formula is C18H18N4O3. The summed E-state index contributed by atoms with van der Waals surface area (Å²) in [6.07, 6.45) is 1.96. The van der Waals surface area contributed by atoms with Crippen molar-refractivity contribution in [1.82, 2.24) is 20.3 Å².